The zero-order valence-corrected chi connectivity index (χ0v) is 62.5. The van der Waals surface area contributed by atoms with Gasteiger partial charge in [-0.3, -0.25) is 0 Å². The van der Waals surface area contributed by atoms with Gasteiger partial charge >= 0.3 is 0 Å². The number of para-hydroxylation sites is 4. The Morgan fingerprint density at radius 3 is 1.47 bits per heavy atom. The summed E-state index contributed by atoms with van der Waals surface area (Å²) in [5.41, 5.74) is 20.3. The molecule has 9 heterocycles. The lowest BCUT2D eigenvalue weighted by atomic mass is 9.93. The first-order valence-corrected chi connectivity index (χ1v) is 40.5. The molecule has 0 N–H and O–H groups in total. The van der Waals surface area contributed by atoms with Crippen LogP contribution in [0.15, 0.2) is 329 Å². The molecule has 0 amide bonds. The molecular formula is C103H57N3O3S3. The minimum absolute atomic E-state index is 0.854. The smallest absolute Gasteiger partial charge is 0.137 e. The van der Waals surface area contributed by atoms with Crippen LogP contribution in [-0.2, 0) is 0 Å². The van der Waals surface area contributed by atoms with Crippen LogP contribution in [0.5, 0.6) is 0 Å². The summed E-state index contributed by atoms with van der Waals surface area (Å²) < 4.78 is 35.1. The second kappa shape index (κ2) is 22.4. The zero-order chi connectivity index (χ0) is 73.0. The summed E-state index contributed by atoms with van der Waals surface area (Å²) in [6.45, 7) is 6.00. The fourth-order valence-corrected chi connectivity index (χ4v) is 23.4. The van der Waals surface area contributed by atoms with E-state index in [0.29, 0.717) is 0 Å². The molecule has 0 atom stereocenters. The largest absolute Gasteiger partial charge is 0.461 e. The summed E-state index contributed by atoms with van der Waals surface area (Å²) in [6.07, 6.45) is 5.89. The van der Waals surface area contributed by atoms with Crippen LogP contribution in [0.3, 0.4) is 0 Å². The summed E-state index contributed by atoms with van der Waals surface area (Å²) in [4.78, 5) is 0. The van der Waals surface area contributed by atoms with E-state index in [-0.39, 0.29) is 0 Å². The lowest BCUT2D eigenvalue weighted by Crippen LogP contribution is -1.96. The molecule has 0 radical (unpaired) electrons. The maximum absolute atomic E-state index is 6.82. The molecule has 0 bridgehead atoms. The predicted octanol–water partition coefficient (Wildman–Crippen LogP) is 30.9. The van der Waals surface area contributed by atoms with E-state index in [1.807, 2.05) is 59.2 Å². The number of furan rings is 3. The van der Waals surface area contributed by atoms with Crippen LogP contribution in [0.2, 0.25) is 0 Å². The van der Waals surface area contributed by atoms with Crippen molar-refractivity contribution < 1.29 is 13.3 Å². The molecule has 6 nitrogen and oxygen atoms in total. The molecule has 0 aliphatic heterocycles. The summed E-state index contributed by atoms with van der Waals surface area (Å²) in [6, 6.07) is 111. The molecule has 17 aromatic carbocycles. The molecule has 0 aliphatic carbocycles. The molecule has 0 saturated carbocycles. The van der Waals surface area contributed by atoms with Gasteiger partial charge in [-0.1, -0.05) is 213 Å². The molecule has 520 valence electrons. The van der Waals surface area contributed by atoms with Crippen LogP contribution in [0, 0.1) is 6.92 Å². The Morgan fingerprint density at radius 2 is 0.759 bits per heavy atom. The van der Waals surface area contributed by atoms with Gasteiger partial charge in [0.05, 0.1) is 42.5 Å². The van der Waals surface area contributed by atoms with Gasteiger partial charge in [0.1, 0.15) is 33.7 Å². The van der Waals surface area contributed by atoms with Crippen molar-refractivity contribution in [3.63, 3.8) is 0 Å². The van der Waals surface area contributed by atoms with Crippen LogP contribution >= 0.6 is 34.0 Å². The number of aryl methyl sites for hydroxylation is 1. The number of thiophene rings is 3. The van der Waals surface area contributed by atoms with Crippen molar-refractivity contribution in [2.75, 3.05) is 0 Å². The van der Waals surface area contributed by atoms with Gasteiger partial charge in [-0.2, -0.15) is 0 Å². The third-order valence-corrected chi connectivity index (χ3v) is 27.9. The average Bonchev–Trinajstić information content (AvgIpc) is 1.53. The van der Waals surface area contributed by atoms with Crippen molar-refractivity contribution in [3.8, 4) is 39.3 Å². The van der Waals surface area contributed by atoms with E-state index >= 15 is 0 Å². The highest BCUT2D eigenvalue weighted by atomic mass is 32.1. The Morgan fingerprint density at radius 1 is 0.277 bits per heavy atom. The quantitative estimate of drug-likeness (QED) is 0.149. The van der Waals surface area contributed by atoms with E-state index in [1.165, 1.54) is 153 Å². The highest BCUT2D eigenvalue weighted by molar-refractivity contribution is 7.28. The summed E-state index contributed by atoms with van der Waals surface area (Å²) in [5, 5.41) is 27.8. The van der Waals surface area contributed by atoms with Crippen LogP contribution in [0.25, 0.3) is 258 Å². The van der Waals surface area contributed by atoms with Crippen LogP contribution < -0.4 is 0 Å². The fourth-order valence-electron chi connectivity index (χ4n) is 19.6. The molecule has 9 aromatic heterocycles. The fraction of sp³-hybridized carbons (Fsp3) is 0.00971. The monoisotopic (exact) mass is 1480 g/mol. The summed E-state index contributed by atoms with van der Waals surface area (Å²) >= 11 is 5.68. The number of fused-ring (bicyclic) bond motifs is 36. The van der Waals surface area contributed by atoms with E-state index in [4.69, 9.17) is 13.3 Å². The van der Waals surface area contributed by atoms with E-state index in [1.54, 1.807) is 0 Å². The van der Waals surface area contributed by atoms with E-state index in [0.717, 1.165) is 111 Å². The standard InChI is InChI=1S/C103H57N3O3S3/c1-3-4-19-61-55(2)107-86-52-59(38-41-67(61)86)105-83-47-46-64-62(28-17-30-71(64)92(83)79-45-44-76-70-22-12-16-35-89(70)110-101(76)99(79)105)56-36-48-90-80(50-56)94-74-25-7-8-26-75(74)98-96(102(94)111-90)78-31-18-29-63(97(78)106(98)60-40-43-69-66-21-11-15-34-85(66)109-88(69)54-60)57-37-49-91-81(51-57)95-73-24-6-5-23-72(73)93-77-27-9-13-32-82(77)104(100(93)103(95)112-91)58-39-42-68-65-20-10-14-33-84(65)108-87(68)53-58/h3-54H,1H2,2H3/b19-4-. The highest BCUT2D eigenvalue weighted by Crippen LogP contribution is 2.55. The lowest BCUT2D eigenvalue weighted by Gasteiger charge is -2.14. The molecule has 0 saturated heterocycles. The van der Waals surface area contributed by atoms with Crippen LogP contribution in [0.4, 0.5) is 0 Å². The van der Waals surface area contributed by atoms with Crippen molar-refractivity contribution in [2.45, 2.75) is 6.92 Å². The van der Waals surface area contributed by atoms with Crippen LogP contribution in [-0.4, -0.2) is 13.7 Å². The Balaban J connectivity index is 0.702. The number of benzene rings is 17. The average molecular weight is 1480 g/mol. The third-order valence-electron chi connectivity index (χ3n) is 24.3. The summed E-state index contributed by atoms with van der Waals surface area (Å²) in [5.74, 6) is 0.883. The Hall–Kier alpha value is -13.8. The van der Waals surface area contributed by atoms with Gasteiger partial charge in [0.15, 0.2) is 0 Å². The predicted molar refractivity (Wildman–Crippen MR) is 480 cm³/mol. The molecule has 112 heavy (non-hydrogen) atoms. The van der Waals surface area contributed by atoms with E-state index < -0.39 is 0 Å². The highest BCUT2D eigenvalue weighted by Gasteiger charge is 2.29. The van der Waals surface area contributed by atoms with Crippen molar-refractivity contribution >= 4 is 253 Å². The SMILES string of the molecule is C=C/C=C\c1c(C)oc2cc(-n3c4ccc5c(-c6ccc7sc8c(c7c6)c6ccccc6c6c8c7cccc(-c8ccc9sc%10c(c9c8)c8ccccc8c8c9ccccc9n(-c9ccc%11c(c9)oc9ccccc9%11)c%108)c7n6-c6ccc7c(c6)oc6ccccc67)cccc5c4c4ccc5c6ccccc6sc5c43)ccc12. The molecule has 9 heteroatoms. The Bertz CT molecular complexity index is 8830. The number of aromatic nitrogens is 3. The minimum atomic E-state index is 0.854. The number of rotatable bonds is 7. The Kier molecular flexibility index (Phi) is 12.2. The maximum atomic E-state index is 6.82. The van der Waals surface area contributed by atoms with E-state index in [9.17, 15) is 0 Å². The number of hydrogen-bond acceptors (Lipinski definition) is 6. The van der Waals surface area contributed by atoms with Gasteiger partial charge in [0.25, 0.3) is 0 Å². The van der Waals surface area contributed by atoms with Gasteiger partial charge in [0, 0.05) is 162 Å². The first-order chi connectivity index (χ1) is 55.4. The molecular weight excluding hydrogens is 1420 g/mol. The van der Waals surface area contributed by atoms with Gasteiger partial charge in [-0.05, 0) is 142 Å². The zero-order valence-electron chi connectivity index (χ0n) is 60.0. The van der Waals surface area contributed by atoms with Crippen molar-refractivity contribution in [3.05, 3.63) is 327 Å². The first-order valence-electron chi connectivity index (χ1n) is 38.0. The molecule has 26 aromatic rings. The normalized spacial score (nSPS) is 12.7. The number of allylic oxidation sites excluding steroid dienone is 2. The topological polar surface area (TPSA) is 54.2 Å². The van der Waals surface area contributed by atoms with Crippen LogP contribution in [0.1, 0.15) is 11.3 Å². The second-order valence-corrected chi connectivity index (χ2v) is 33.2. The van der Waals surface area contributed by atoms with Gasteiger partial charge in [-0.15, -0.1) is 34.0 Å². The van der Waals surface area contributed by atoms with Gasteiger partial charge < -0.3 is 27.0 Å². The van der Waals surface area contributed by atoms with E-state index in [2.05, 4.69) is 318 Å². The second-order valence-electron chi connectivity index (χ2n) is 30.0. The maximum Gasteiger partial charge on any atom is 0.137 e. The third kappa shape index (κ3) is 8.14. The molecule has 0 unspecified atom stereocenters. The number of nitrogens with zero attached hydrogens (tertiary/aromatic N) is 3. The number of hydrogen-bond donors (Lipinski definition) is 0. The Labute approximate surface area is 648 Å². The lowest BCUT2D eigenvalue weighted by molar-refractivity contribution is 0.577. The molecule has 0 spiro atoms. The van der Waals surface area contributed by atoms with Crippen molar-refractivity contribution in [2.24, 2.45) is 0 Å². The minimum Gasteiger partial charge on any atom is -0.461 e. The molecule has 0 aliphatic rings. The first kappa shape index (κ1) is 61.1. The molecule has 26 rings (SSSR count). The van der Waals surface area contributed by atoms with Gasteiger partial charge in [0.2, 0.25) is 0 Å². The van der Waals surface area contributed by atoms with Gasteiger partial charge in [-0.25, -0.2) is 0 Å². The van der Waals surface area contributed by atoms with Crippen molar-refractivity contribution in [1.82, 2.24) is 13.7 Å². The summed E-state index contributed by atoms with van der Waals surface area (Å²) in [7, 11) is 0. The van der Waals surface area contributed by atoms with Crippen molar-refractivity contribution in [1.29, 1.82) is 0 Å². The molecule has 0 fully saturated rings.